The van der Waals surface area contributed by atoms with E-state index >= 15 is 0 Å². The average molecular weight is 406 g/mol. The molecule has 0 aliphatic carbocycles. The molecule has 8 heteroatoms. The van der Waals surface area contributed by atoms with E-state index in [1.54, 1.807) is 12.3 Å². The van der Waals surface area contributed by atoms with Crippen molar-refractivity contribution in [2.24, 2.45) is 5.92 Å². The summed E-state index contributed by atoms with van der Waals surface area (Å²) in [5.74, 6) is 1.81. The maximum atomic E-state index is 9.16. The fraction of sp³-hybridized carbons (Fsp3) is 0.529. The second kappa shape index (κ2) is 7.83. The molecule has 1 fully saturated rings. The summed E-state index contributed by atoms with van der Waals surface area (Å²) in [7, 11) is 0. The molecule has 25 heavy (non-hydrogen) atoms. The highest BCUT2D eigenvalue weighted by Gasteiger charge is 2.24. The van der Waals surface area contributed by atoms with Crippen molar-refractivity contribution in [3.8, 4) is 11.9 Å². The quantitative estimate of drug-likeness (QED) is 0.751. The molecule has 2 aromatic rings. The van der Waals surface area contributed by atoms with E-state index in [9.17, 15) is 0 Å². The minimum atomic E-state index is 0.260. The molecule has 0 atom stereocenters. The van der Waals surface area contributed by atoms with Crippen LogP contribution in [0.15, 0.2) is 21.3 Å². The molecule has 0 amide bonds. The number of rotatable bonds is 5. The van der Waals surface area contributed by atoms with Gasteiger partial charge in [-0.05, 0) is 40.8 Å². The van der Waals surface area contributed by atoms with Gasteiger partial charge in [0.15, 0.2) is 5.82 Å². The van der Waals surface area contributed by atoms with Crippen molar-refractivity contribution < 1.29 is 9.26 Å². The molecule has 1 aliphatic rings. The van der Waals surface area contributed by atoms with Gasteiger partial charge >= 0.3 is 6.01 Å². The van der Waals surface area contributed by atoms with Crippen LogP contribution in [0.25, 0.3) is 0 Å². The maximum absolute atomic E-state index is 9.16. The Morgan fingerprint density at radius 3 is 2.84 bits per heavy atom. The molecular formula is C17H20BrN5O2. The van der Waals surface area contributed by atoms with Crippen LogP contribution in [-0.2, 0) is 0 Å². The minimum Gasteiger partial charge on any atom is -0.476 e. The first kappa shape index (κ1) is 17.7. The fourth-order valence-corrected chi connectivity index (χ4v) is 3.03. The van der Waals surface area contributed by atoms with Crippen LogP contribution in [0.2, 0.25) is 0 Å². The predicted molar refractivity (Wildman–Crippen MR) is 95.5 cm³/mol. The Morgan fingerprint density at radius 2 is 2.20 bits per heavy atom. The first-order valence-corrected chi connectivity index (χ1v) is 9.13. The van der Waals surface area contributed by atoms with Crippen molar-refractivity contribution in [3.63, 3.8) is 0 Å². The van der Waals surface area contributed by atoms with Gasteiger partial charge in [0.25, 0.3) is 0 Å². The van der Waals surface area contributed by atoms with E-state index < -0.39 is 0 Å². The van der Waals surface area contributed by atoms with E-state index in [-0.39, 0.29) is 5.92 Å². The molecule has 7 nitrogen and oxygen atoms in total. The number of halogens is 1. The Kier molecular flexibility index (Phi) is 5.53. The molecule has 0 saturated carbocycles. The summed E-state index contributed by atoms with van der Waals surface area (Å²) in [6, 6.07) is 4.43. The van der Waals surface area contributed by atoms with Gasteiger partial charge in [-0.15, -0.1) is 0 Å². The summed E-state index contributed by atoms with van der Waals surface area (Å²) >= 11 is 3.31. The molecular weight excluding hydrogens is 386 g/mol. The molecule has 3 heterocycles. The molecule has 0 bridgehead atoms. The summed E-state index contributed by atoms with van der Waals surface area (Å²) in [5.41, 5.74) is 0.443. The number of nitrogens with zero attached hydrogens (tertiary/aromatic N) is 5. The normalized spacial score (nSPS) is 15.4. The third-order valence-electron chi connectivity index (χ3n) is 4.23. The molecule has 0 aromatic carbocycles. The van der Waals surface area contributed by atoms with Gasteiger partial charge in [0.2, 0.25) is 5.88 Å². The smallest absolute Gasteiger partial charge is 0.324 e. The molecule has 1 aliphatic heterocycles. The Bertz CT molecular complexity index is 763. The SMILES string of the molecule is CC(C)c1noc(N2CCC(COc3ncc(Br)cc3C#N)CC2)n1. The van der Waals surface area contributed by atoms with Gasteiger partial charge < -0.3 is 14.2 Å². The average Bonchev–Trinajstić information content (AvgIpc) is 3.11. The summed E-state index contributed by atoms with van der Waals surface area (Å²) in [4.78, 5) is 10.7. The van der Waals surface area contributed by atoms with Crippen LogP contribution in [0.4, 0.5) is 6.01 Å². The van der Waals surface area contributed by atoms with E-state index in [1.807, 2.05) is 13.8 Å². The Balaban J connectivity index is 1.52. The summed E-state index contributed by atoms with van der Waals surface area (Å²) in [6.45, 7) is 6.35. The molecule has 132 valence electrons. The lowest BCUT2D eigenvalue weighted by atomic mass is 9.98. The van der Waals surface area contributed by atoms with Crippen LogP contribution in [0, 0.1) is 17.2 Å². The molecule has 1 saturated heterocycles. The van der Waals surface area contributed by atoms with Crippen LogP contribution >= 0.6 is 15.9 Å². The minimum absolute atomic E-state index is 0.260. The molecule has 2 aromatic heterocycles. The second-order valence-corrected chi connectivity index (χ2v) is 7.37. The summed E-state index contributed by atoms with van der Waals surface area (Å²) < 4.78 is 11.9. The lowest BCUT2D eigenvalue weighted by Gasteiger charge is -2.30. The van der Waals surface area contributed by atoms with E-state index in [2.05, 4.69) is 42.0 Å². The van der Waals surface area contributed by atoms with Gasteiger partial charge in [-0.25, -0.2) is 4.98 Å². The number of nitriles is 1. The predicted octanol–water partition coefficient (Wildman–Crippen LogP) is 3.52. The van der Waals surface area contributed by atoms with Crippen LogP contribution < -0.4 is 9.64 Å². The van der Waals surface area contributed by atoms with Crippen molar-refractivity contribution in [1.29, 1.82) is 5.26 Å². The van der Waals surface area contributed by atoms with Gasteiger partial charge in [-0.1, -0.05) is 19.0 Å². The molecule has 0 unspecified atom stereocenters. The van der Waals surface area contributed by atoms with Crippen molar-refractivity contribution >= 4 is 21.9 Å². The fourth-order valence-electron chi connectivity index (χ4n) is 2.70. The topological polar surface area (TPSA) is 88.1 Å². The highest BCUT2D eigenvalue weighted by Crippen LogP contribution is 2.25. The number of pyridine rings is 1. The first-order valence-electron chi connectivity index (χ1n) is 8.33. The van der Waals surface area contributed by atoms with E-state index in [0.29, 0.717) is 30.0 Å². The van der Waals surface area contributed by atoms with E-state index in [4.69, 9.17) is 14.5 Å². The Morgan fingerprint density at radius 1 is 1.44 bits per heavy atom. The number of ether oxygens (including phenoxy) is 1. The number of anilines is 1. The van der Waals surface area contributed by atoms with Crippen LogP contribution in [0.1, 0.15) is 44.0 Å². The van der Waals surface area contributed by atoms with Crippen molar-refractivity contribution in [1.82, 2.24) is 15.1 Å². The molecule has 3 rings (SSSR count). The third-order valence-corrected chi connectivity index (χ3v) is 4.66. The van der Waals surface area contributed by atoms with Gasteiger partial charge in [-0.3, -0.25) is 0 Å². The summed E-state index contributed by atoms with van der Waals surface area (Å²) in [6.07, 6.45) is 3.58. The Hall–Kier alpha value is -2.14. The molecule has 0 radical (unpaired) electrons. The maximum Gasteiger partial charge on any atom is 0.324 e. The standard InChI is InChI=1S/C17H20BrN5O2/c1-11(2)15-21-17(25-22-15)23-5-3-12(4-6-23)10-24-16-13(8-19)7-14(18)9-20-16/h7,9,11-12H,3-6,10H2,1-2H3. The number of aromatic nitrogens is 3. The molecule has 0 N–H and O–H groups in total. The van der Waals surface area contributed by atoms with Crippen LogP contribution in [0.3, 0.4) is 0 Å². The lowest BCUT2D eigenvalue weighted by molar-refractivity contribution is 0.213. The summed E-state index contributed by atoms with van der Waals surface area (Å²) in [5, 5.41) is 13.2. The second-order valence-electron chi connectivity index (χ2n) is 6.45. The number of piperidine rings is 1. The zero-order valence-electron chi connectivity index (χ0n) is 14.3. The zero-order chi connectivity index (χ0) is 17.8. The van der Waals surface area contributed by atoms with Crippen molar-refractivity contribution in [3.05, 3.63) is 28.1 Å². The third kappa shape index (κ3) is 4.28. The van der Waals surface area contributed by atoms with Crippen molar-refractivity contribution in [2.75, 3.05) is 24.6 Å². The lowest BCUT2D eigenvalue weighted by Crippen LogP contribution is -2.35. The van der Waals surface area contributed by atoms with Gasteiger partial charge in [0, 0.05) is 29.7 Å². The van der Waals surface area contributed by atoms with Gasteiger partial charge in [0.05, 0.1) is 6.61 Å². The van der Waals surface area contributed by atoms with Gasteiger partial charge in [0.1, 0.15) is 11.6 Å². The largest absolute Gasteiger partial charge is 0.476 e. The van der Waals surface area contributed by atoms with Crippen molar-refractivity contribution in [2.45, 2.75) is 32.6 Å². The zero-order valence-corrected chi connectivity index (χ0v) is 15.9. The highest BCUT2D eigenvalue weighted by molar-refractivity contribution is 9.10. The number of hydrogen-bond donors (Lipinski definition) is 0. The molecule has 0 spiro atoms. The highest BCUT2D eigenvalue weighted by atomic mass is 79.9. The van der Waals surface area contributed by atoms with Crippen LogP contribution in [0.5, 0.6) is 5.88 Å². The van der Waals surface area contributed by atoms with Gasteiger partial charge in [-0.2, -0.15) is 10.2 Å². The Labute approximate surface area is 155 Å². The van der Waals surface area contributed by atoms with E-state index in [1.165, 1.54) is 0 Å². The number of hydrogen-bond acceptors (Lipinski definition) is 7. The van der Waals surface area contributed by atoms with E-state index in [0.717, 1.165) is 36.2 Å². The first-order chi connectivity index (χ1) is 12.1. The van der Waals surface area contributed by atoms with Crippen LogP contribution in [-0.4, -0.2) is 34.8 Å². The monoisotopic (exact) mass is 405 g/mol.